The van der Waals surface area contributed by atoms with Gasteiger partial charge >= 0.3 is 0 Å². The molecule has 1 atom stereocenters. The molecule has 7 nitrogen and oxygen atoms in total. The number of primary amides is 1. The van der Waals surface area contributed by atoms with Crippen LogP contribution in [0.4, 0.5) is 5.82 Å². The van der Waals surface area contributed by atoms with Crippen LogP contribution < -0.4 is 20.1 Å². The summed E-state index contributed by atoms with van der Waals surface area (Å²) in [4.78, 5) is 22.7. The molecule has 0 bridgehead atoms. The van der Waals surface area contributed by atoms with Crippen LogP contribution in [0, 0.1) is 0 Å². The molecule has 2 aliphatic rings. The van der Waals surface area contributed by atoms with Gasteiger partial charge in [0, 0.05) is 36.3 Å². The lowest BCUT2D eigenvalue weighted by molar-refractivity contribution is -0.123. The lowest BCUT2D eigenvalue weighted by Gasteiger charge is -2.27. The fourth-order valence-electron chi connectivity index (χ4n) is 4.25. The highest BCUT2D eigenvalue weighted by molar-refractivity contribution is 5.81. The normalized spacial score (nSPS) is 15.8. The number of aromatic nitrogens is 2. The number of nitrogens with two attached hydrogens (primary N) is 1. The minimum absolute atomic E-state index is 0.472. The molecule has 2 N–H and O–H groups in total. The Labute approximate surface area is 187 Å². The van der Waals surface area contributed by atoms with Crippen molar-refractivity contribution in [3.63, 3.8) is 0 Å². The maximum atomic E-state index is 11.3. The Bertz CT molecular complexity index is 1160. The number of hydrogen-bond acceptors (Lipinski definition) is 6. The van der Waals surface area contributed by atoms with E-state index in [0.717, 1.165) is 52.6 Å². The minimum Gasteiger partial charge on any atom is -0.488 e. The van der Waals surface area contributed by atoms with Gasteiger partial charge in [0.25, 0.3) is 5.91 Å². The van der Waals surface area contributed by atoms with E-state index in [1.807, 2.05) is 18.2 Å². The Morgan fingerprint density at radius 3 is 2.72 bits per heavy atom. The quantitative estimate of drug-likeness (QED) is 0.659. The third-order valence-corrected chi connectivity index (χ3v) is 6.08. The summed E-state index contributed by atoms with van der Waals surface area (Å²) in [5.74, 6) is 1.76. The van der Waals surface area contributed by atoms with E-state index < -0.39 is 12.0 Å². The molecule has 1 amide bonds. The molecule has 0 spiro atoms. The molecular formula is C25H26N4O3. The van der Waals surface area contributed by atoms with E-state index in [4.69, 9.17) is 15.2 Å². The average molecular weight is 431 g/mol. The van der Waals surface area contributed by atoms with E-state index in [0.29, 0.717) is 12.4 Å². The largest absolute Gasteiger partial charge is 0.488 e. The van der Waals surface area contributed by atoms with E-state index in [1.54, 1.807) is 13.3 Å². The average Bonchev–Trinajstić information content (AvgIpc) is 2.84. The van der Waals surface area contributed by atoms with E-state index in [2.05, 4.69) is 39.1 Å². The van der Waals surface area contributed by atoms with E-state index >= 15 is 0 Å². The van der Waals surface area contributed by atoms with Gasteiger partial charge in [0.05, 0.1) is 5.69 Å². The third-order valence-electron chi connectivity index (χ3n) is 6.08. The summed E-state index contributed by atoms with van der Waals surface area (Å²) < 4.78 is 11.6. The highest BCUT2D eigenvalue weighted by Crippen LogP contribution is 2.41. The predicted molar refractivity (Wildman–Crippen MR) is 123 cm³/mol. The number of piperidine rings is 1. The molecule has 0 saturated carbocycles. The lowest BCUT2D eigenvalue weighted by atomic mass is 9.94. The molecule has 1 aromatic heterocycles. The molecule has 32 heavy (non-hydrogen) atoms. The van der Waals surface area contributed by atoms with Gasteiger partial charge in [0.1, 0.15) is 30.3 Å². The first kappa shape index (κ1) is 20.3. The molecule has 7 heteroatoms. The molecule has 2 aliphatic heterocycles. The highest BCUT2D eigenvalue weighted by atomic mass is 16.5. The van der Waals surface area contributed by atoms with Crippen molar-refractivity contribution in [2.24, 2.45) is 5.73 Å². The molecule has 3 aromatic rings. The number of fused-ring (bicyclic) bond motifs is 3. The number of rotatable bonds is 5. The van der Waals surface area contributed by atoms with Gasteiger partial charge in [-0.1, -0.05) is 12.1 Å². The highest BCUT2D eigenvalue weighted by Gasteiger charge is 2.21. The molecule has 1 fully saturated rings. The molecule has 0 radical (unpaired) electrons. The third kappa shape index (κ3) is 3.98. The van der Waals surface area contributed by atoms with Crippen LogP contribution in [0.2, 0.25) is 0 Å². The molecule has 164 valence electrons. The Balaban J connectivity index is 1.46. The first-order valence-electron chi connectivity index (χ1n) is 11.0. The van der Waals surface area contributed by atoms with Gasteiger partial charge in [-0.05, 0) is 55.5 Å². The molecular weight excluding hydrogens is 404 g/mol. The maximum absolute atomic E-state index is 11.3. The lowest BCUT2D eigenvalue weighted by Crippen LogP contribution is -2.30. The van der Waals surface area contributed by atoms with Crippen LogP contribution in [0.5, 0.6) is 11.5 Å². The van der Waals surface area contributed by atoms with Gasteiger partial charge in [-0.15, -0.1) is 0 Å². The van der Waals surface area contributed by atoms with Crippen molar-refractivity contribution in [1.29, 1.82) is 0 Å². The molecule has 1 saturated heterocycles. The second-order valence-electron chi connectivity index (χ2n) is 8.29. The summed E-state index contributed by atoms with van der Waals surface area (Å²) in [6.45, 7) is 4.19. The fraction of sp³-hybridized carbons (Fsp3) is 0.320. The zero-order chi connectivity index (χ0) is 22.1. The zero-order valence-electron chi connectivity index (χ0n) is 18.1. The number of carbonyl (C=O) groups is 1. The Morgan fingerprint density at radius 2 is 1.91 bits per heavy atom. The zero-order valence-corrected chi connectivity index (χ0v) is 18.1. The Hall–Kier alpha value is -3.61. The van der Waals surface area contributed by atoms with Crippen molar-refractivity contribution in [3.8, 4) is 33.9 Å². The van der Waals surface area contributed by atoms with Gasteiger partial charge < -0.3 is 20.1 Å². The standard InChI is InChI=1S/C25H26N4O3/c1-16(25(26)30)32-19-7-8-20-21-11-17(5-6-18(21)14-31-23(20)12-19)22-13-24(28-15-27-22)29-9-3-2-4-10-29/h5-8,11-13,15-16H,2-4,9-10,14H2,1H3,(H2,26,30)/t16-/m0/s1. The van der Waals surface area contributed by atoms with Crippen LogP contribution in [0.1, 0.15) is 31.7 Å². The monoisotopic (exact) mass is 430 g/mol. The number of hydrogen-bond donors (Lipinski definition) is 1. The Kier molecular flexibility index (Phi) is 5.39. The van der Waals surface area contributed by atoms with Crippen LogP contribution in [0.15, 0.2) is 48.8 Å². The topological polar surface area (TPSA) is 90.6 Å². The summed E-state index contributed by atoms with van der Waals surface area (Å²) in [5.41, 5.74) is 10.5. The second kappa shape index (κ2) is 8.49. The summed E-state index contributed by atoms with van der Waals surface area (Å²) in [6.07, 6.45) is 4.65. The smallest absolute Gasteiger partial charge is 0.258 e. The van der Waals surface area contributed by atoms with Crippen molar-refractivity contribution in [2.75, 3.05) is 18.0 Å². The number of anilines is 1. The van der Waals surface area contributed by atoms with Crippen molar-refractivity contribution in [3.05, 3.63) is 54.4 Å². The molecule has 5 rings (SSSR count). The summed E-state index contributed by atoms with van der Waals surface area (Å²) in [5, 5.41) is 0. The molecule has 0 aliphatic carbocycles. The summed E-state index contributed by atoms with van der Waals surface area (Å²) >= 11 is 0. The van der Waals surface area contributed by atoms with Crippen LogP contribution in [0.25, 0.3) is 22.4 Å². The van der Waals surface area contributed by atoms with E-state index in [-0.39, 0.29) is 0 Å². The Morgan fingerprint density at radius 1 is 1.06 bits per heavy atom. The van der Waals surface area contributed by atoms with E-state index in [9.17, 15) is 4.79 Å². The molecule has 3 heterocycles. The molecule has 0 unspecified atom stereocenters. The van der Waals surface area contributed by atoms with Gasteiger partial charge in [-0.25, -0.2) is 9.97 Å². The number of amides is 1. The van der Waals surface area contributed by atoms with Crippen LogP contribution in [-0.2, 0) is 11.4 Å². The SMILES string of the molecule is C[C@H](Oc1ccc2c(c1)OCc1ccc(-c3cc(N4CCCCC4)ncn3)cc1-2)C(N)=O. The van der Waals surface area contributed by atoms with Gasteiger partial charge in [0.2, 0.25) is 0 Å². The molecule has 2 aromatic carbocycles. The van der Waals surface area contributed by atoms with Crippen molar-refractivity contribution in [1.82, 2.24) is 9.97 Å². The number of ether oxygens (including phenoxy) is 2. The number of nitrogens with zero attached hydrogens (tertiary/aromatic N) is 3. The van der Waals surface area contributed by atoms with Crippen molar-refractivity contribution < 1.29 is 14.3 Å². The van der Waals surface area contributed by atoms with Crippen LogP contribution in [0.3, 0.4) is 0 Å². The predicted octanol–water partition coefficient (Wildman–Crippen LogP) is 3.95. The first-order chi connectivity index (χ1) is 15.6. The van der Waals surface area contributed by atoms with Gasteiger partial charge in [-0.3, -0.25) is 4.79 Å². The van der Waals surface area contributed by atoms with Crippen LogP contribution >= 0.6 is 0 Å². The first-order valence-corrected chi connectivity index (χ1v) is 11.0. The number of carbonyl (C=O) groups excluding carboxylic acids is 1. The maximum Gasteiger partial charge on any atom is 0.258 e. The summed E-state index contributed by atoms with van der Waals surface area (Å²) in [7, 11) is 0. The van der Waals surface area contributed by atoms with Gasteiger partial charge in [-0.2, -0.15) is 0 Å². The number of benzene rings is 2. The van der Waals surface area contributed by atoms with E-state index in [1.165, 1.54) is 19.3 Å². The second-order valence-corrected chi connectivity index (χ2v) is 8.29. The fourth-order valence-corrected chi connectivity index (χ4v) is 4.25. The van der Waals surface area contributed by atoms with Gasteiger partial charge in [0.15, 0.2) is 6.10 Å². The minimum atomic E-state index is -0.706. The van der Waals surface area contributed by atoms with Crippen molar-refractivity contribution in [2.45, 2.75) is 38.9 Å². The van der Waals surface area contributed by atoms with Crippen LogP contribution in [-0.4, -0.2) is 35.1 Å². The summed E-state index contributed by atoms with van der Waals surface area (Å²) in [6, 6.07) is 14.0. The van der Waals surface area contributed by atoms with Crippen molar-refractivity contribution >= 4 is 11.7 Å².